The molecule has 0 aliphatic carbocycles. The molecule has 98 valence electrons. The molecule has 19 heavy (non-hydrogen) atoms. The first-order chi connectivity index (χ1) is 9.07. The third-order valence-electron chi connectivity index (χ3n) is 3.41. The molecule has 1 aliphatic heterocycles. The minimum atomic E-state index is -4.33. The Kier molecular flexibility index (Phi) is 2.82. The van der Waals surface area contributed by atoms with E-state index in [1.54, 1.807) is 12.1 Å². The zero-order chi connectivity index (χ0) is 13.5. The fourth-order valence-corrected chi connectivity index (χ4v) is 2.55. The second-order valence-electron chi connectivity index (χ2n) is 4.59. The van der Waals surface area contributed by atoms with Crippen molar-refractivity contribution in [2.24, 2.45) is 0 Å². The van der Waals surface area contributed by atoms with Crippen molar-refractivity contribution in [2.45, 2.75) is 19.3 Å². The van der Waals surface area contributed by atoms with Gasteiger partial charge in [-0.3, -0.25) is 0 Å². The number of halogens is 3. The van der Waals surface area contributed by atoms with Crippen molar-refractivity contribution in [3.05, 3.63) is 59.2 Å². The molecule has 1 N–H and O–H groups in total. The Labute approximate surface area is 109 Å². The largest absolute Gasteiger partial charge is 0.417 e. The third-order valence-corrected chi connectivity index (χ3v) is 3.41. The summed E-state index contributed by atoms with van der Waals surface area (Å²) in [5, 5.41) is 3.17. The van der Waals surface area contributed by atoms with Crippen LogP contribution in [0.1, 0.15) is 16.7 Å². The molecule has 0 amide bonds. The molecule has 1 heterocycles. The number of fused-ring (bicyclic) bond motifs is 1. The number of rotatable bonds is 1. The van der Waals surface area contributed by atoms with Crippen molar-refractivity contribution in [1.82, 2.24) is 5.32 Å². The van der Waals surface area contributed by atoms with Crippen molar-refractivity contribution < 1.29 is 13.2 Å². The van der Waals surface area contributed by atoms with Gasteiger partial charge in [0.25, 0.3) is 0 Å². The molecule has 0 saturated carbocycles. The molecule has 0 radical (unpaired) electrons. The molecule has 2 aromatic carbocycles. The van der Waals surface area contributed by atoms with Crippen molar-refractivity contribution in [3.8, 4) is 11.1 Å². The van der Waals surface area contributed by atoms with Gasteiger partial charge >= 0.3 is 6.18 Å². The van der Waals surface area contributed by atoms with Crippen LogP contribution in [-0.2, 0) is 19.3 Å². The van der Waals surface area contributed by atoms with Gasteiger partial charge in [0.15, 0.2) is 0 Å². The van der Waals surface area contributed by atoms with E-state index in [1.165, 1.54) is 12.1 Å². The standard InChI is InChI=1S/C15H12F3N/c16-15(17,18)14-7-2-1-5-12(14)11-6-3-4-10-8-19-9-13(10)11/h1-7,19H,8-9H2. The predicted molar refractivity (Wildman–Crippen MR) is 67.4 cm³/mol. The minimum Gasteiger partial charge on any atom is -0.309 e. The van der Waals surface area contributed by atoms with Gasteiger partial charge in [-0.1, -0.05) is 36.4 Å². The van der Waals surface area contributed by atoms with Gasteiger partial charge in [-0.05, 0) is 28.3 Å². The second-order valence-corrected chi connectivity index (χ2v) is 4.59. The van der Waals surface area contributed by atoms with E-state index < -0.39 is 11.7 Å². The van der Waals surface area contributed by atoms with Crippen LogP contribution in [0.5, 0.6) is 0 Å². The highest BCUT2D eigenvalue weighted by Gasteiger charge is 2.34. The zero-order valence-corrected chi connectivity index (χ0v) is 10.1. The van der Waals surface area contributed by atoms with Gasteiger partial charge < -0.3 is 5.32 Å². The molecule has 0 bridgehead atoms. The molecule has 3 rings (SSSR count). The van der Waals surface area contributed by atoms with E-state index in [1.807, 2.05) is 12.1 Å². The monoisotopic (exact) mass is 263 g/mol. The van der Waals surface area contributed by atoms with Crippen molar-refractivity contribution >= 4 is 0 Å². The van der Waals surface area contributed by atoms with E-state index in [0.29, 0.717) is 12.1 Å². The van der Waals surface area contributed by atoms with Crippen molar-refractivity contribution in [2.75, 3.05) is 0 Å². The highest BCUT2D eigenvalue weighted by atomic mass is 19.4. The van der Waals surface area contributed by atoms with Crippen LogP contribution in [0.25, 0.3) is 11.1 Å². The van der Waals surface area contributed by atoms with Crippen LogP contribution in [0.2, 0.25) is 0 Å². The lowest BCUT2D eigenvalue weighted by atomic mass is 9.93. The quantitative estimate of drug-likeness (QED) is 0.820. The van der Waals surface area contributed by atoms with E-state index >= 15 is 0 Å². The maximum absolute atomic E-state index is 13.1. The van der Waals surface area contributed by atoms with Crippen LogP contribution in [-0.4, -0.2) is 0 Å². The van der Waals surface area contributed by atoms with Gasteiger partial charge in [-0.25, -0.2) is 0 Å². The lowest BCUT2D eigenvalue weighted by Crippen LogP contribution is -2.07. The summed E-state index contributed by atoms with van der Waals surface area (Å²) in [6, 6.07) is 11.3. The summed E-state index contributed by atoms with van der Waals surface area (Å²) in [5.41, 5.74) is 2.41. The van der Waals surface area contributed by atoms with Gasteiger partial charge in [0.1, 0.15) is 0 Å². The van der Waals surface area contributed by atoms with Gasteiger partial charge in [-0.15, -0.1) is 0 Å². The normalized spacial score (nSPS) is 14.5. The smallest absolute Gasteiger partial charge is 0.309 e. The first-order valence-electron chi connectivity index (χ1n) is 6.05. The Hall–Kier alpha value is -1.81. The first-order valence-corrected chi connectivity index (χ1v) is 6.05. The highest BCUT2D eigenvalue weighted by molar-refractivity contribution is 5.73. The summed E-state index contributed by atoms with van der Waals surface area (Å²) in [4.78, 5) is 0. The number of benzene rings is 2. The van der Waals surface area contributed by atoms with Crippen molar-refractivity contribution in [3.63, 3.8) is 0 Å². The van der Waals surface area contributed by atoms with E-state index in [4.69, 9.17) is 0 Å². The molecule has 0 aromatic heterocycles. The maximum atomic E-state index is 13.1. The van der Waals surface area contributed by atoms with Crippen LogP contribution in [0.4, 0.5) is 13.2 Å². The molecule has 0 saturated heterocycles. The highest BCUT2D eigenvalue weighted by Crippen LogP contribution is 2.39. The molecule has 0 spiro atoms. The first kappa shape index (κ1) is 12.2. The Balaban J connectivity index is 2.21. The summed E-state index contributed by atoms with van der Waals surface area (Å²) in [7, 11) is 0. The topological polar surface area (TPSA) is 12.0 Å². The predicted octanol–water partition coefficient (Wildman–Crippen LogP) is 3.98. The van der Waals surface area contributed by atoms with E-state index in [-0.39, 0.29) is 5.56 Å². The van der Waals surface area contributed by atoms with Crippen LogP contribution in [0.15, 0.2) is 42.5 Å². The van der Waals surface area contributed by atoms with E-state index in [9.17, 15) is 13.2 Å². The molecule has 0 atom stereocenters. The van der Waals surface area contributed by atoms with Gasteiger partial charge in [0.05, 0.1) is 5.56 Å². The molecule has 4 heteroatoms. The Morgan fingerprint density at radius 3 is 2.37 bits per heavy atom. The SMILES string of the molecule is FC(F)(F)c1ccccc1-c1cccc2c1CNC2. The van der Waals surface area contributed by atoms with E-state index in [0.717, 1.165) is 23.7 Å². The number of hydrogen-bond donors (Lipinski definition) is 1. The summed E-state index contributed by atoms with van der Waals surface area (Å²) < 4.78 is 39.2. The molecule has 0 unspecified atom stereocenters. The van der Waals surface area contributed by atoms with Crippen LogP contribution in [0.3, 0.4) is 0 Å². The molecule has 1 aliphatic rings. The molecular weight excluding hydrogens is 251 g/mol. The zero-order valence-electron chi connectivity index (χ0n) is 10.1. The van der Waals surface area contributed by atoms with Gasteiger partial charge in [-0.2, -0.15) is 13.2 Å². The Bertz CT molecular complexity index is 617. The molecule has 0 fully saturated rings. The third kappa shape index (κ3) is 2.12. The molecule has 2 aromatic rings. The number of alkyl halides is 3. The summed E-state index contributed by atoms with van der Waals surface area (Å²) in [6.45, 7) is 1.34. The molecular formula is C15H12F3N. The van der Waals surface area contributed by atoms with Gasteiger partial charge in [0.2, 0.25) is 0 Å². The lowest BCUT2D eigenvalue weighted by molar-refractivity contribution is -0.137. The molecule has 1 nitrogen and oxygen atoms in total. The average molecular weight is 263 g/mol. The second kappa shape index (κ2) is 4.38. The lowest BCUT2D eigenvalue weighted by Gasteiger charge is -2.15. The van der Waals surface area contributed by atoms with Crippen LogP contribution < -0.4 is 5.32 Å². The van der Waals surface area contributed by atoms with Crippen LogP contribution in [0, 0.1) is 0 Å². The van der Waals surface area contributed by atoms with Crippen LogP contribution >= 0.6 is 0 Å². The Morgan fingerprint density at radius 1 is 0.842 bits per heavy atom. The average Bonchev–Trinajstić information content (AvgIpc) is 2.85. The fraction of sp³-hybridized carbons (Fsp3) is 0.200. The van der Waals surface area contributed by atoms with Crippen molar-refractivity contribution in [1.29, 1.82) is 0 Å². The minimum absolute atomic E-state index is 0.260. The number of nitrogens with one attached hydrogen (secondary N) is 1. The maximum Gasteiger partial charge on any atom is 0.417 e. The summed E-state index contributed by atoms with van der Waals surface area (Å²) in [6.07, 6.45) is -4.33. The fourth-order valence-electron chi connectivity index (χ4n) is 2.55. The Morgan fingerprint density at radius 2 is 1.58 bits per heavy atom. The van der Waals surface area contributed by atoms with Gasteiger partial charge in [0, 0.05) is 13.1 Å². The summed E-state index contributed by atoms with van der Waals surface area (Å²) in [5.74, 6) is 0. The van der Waals surface area contributed by atoms with E-state index in [2.05, 4.69) is 5.32 Å². The number of hydrogen-bond acceptors (Lipinski definition) is 1. The summed E-state index contributed by atoms with van der Waals surface area (Å²) >= 11 is 0.